The predicted octanol–water partition coefficient (Wildman–Crippen LogP) is 5.36. The van der Waals surface area contributed by atoms with Crippen LogP contribution in [0.2, 0.25) is 0 Å². The Morgan fingerprint density at radius 1 is 0.958 bits per heavy atom. The lowest BCUT2D eigenvalue weighted by molar-refractivity contribution is -0.131. The number of likely N-dealkylation sites (tertiary alicyclic amines) is 1. The quantitative estimate of drug-likeness (QED) is 0.256. The largest absolute Gasteiger partial charge is 0.380 e. The van der Waals surface area contributed by atoms with Crippen LogP contribution in [0.25, 0.3) is 50.0 Å². The maximum absolute atomic E-state index is 12.6. The van der Waals surface area contributed by atoms with Crippen LogP contribution in [-0.2, 0) is 9.53 Å². The number of nitrogens with zero attached hydrogens (tertiary/aromatic N) is 8. The van der Waals surface area contributed by atoms with Gasteiger partial charge in [0.25, 0.3) is 0 Å². The number of carbonyl (C=O) groups excluding carboxylic acids is 1. The summed E-state index contributed by atoms with van der Waals surface area (Å²) in [4.78, 5) is 37.9. The molecule has 0 saturated carbocycles. The van der Waals surface area contributed by atoms with E-state index in [1.165, 1.54) is 11.1 Å². The number of nitrogens with one attached hydrogen (secondary N) is 1. The highest BCUT2D eigenvalue weighted by molar-refractivity contribution is 6.01. The number of hydrogen-bond acceptors (Lipinski definition) is 9. The van der Waals surface area contributed by atoms with E-state index in [4.69, 9.17) is 4.74 Å². The number of hydrogen-bond donors (Lipinski definition) is 1. The molecular weight excluding hydrogens is 602 g/mol. The fourth-order valence-electron chi connectivity index (χ4n) is 6.27. The van der Waals surface area contributed by atoms with Gasteiger partial charge in [0.05, 0.1) is 23.7 Å². The molecule has 1 N–H and O–H groups in total. The van der Waals surface area contributed by atoms with Crippen molar-refractivity contribution in [1.29, 1.82) is 0 Å². The molecule has 0 radical (unpaired) electrons. The number of aromatic amines is 1. The highest BCUT2D eigenvalue weighted by Gasteiger charge is 2.26. The second-order valence-electron chi connectivity index (χ2n) is 12.1. The minimum absolute atomic E-state index is 0.212. The number of rotatable bonds is 6. The number of amides is 1. The third kappa shape index (κ3) is 6.97. The molecule has 8 rings (SSSR count). The van der Waals surface area contributed by atoms with E-state index in [-0.39, 0.29) is 12.0 Å². The highest BCUT2D eigenvalue weighted by atomic mass is 16.5. The molecule has 48 heavy (non-hydrogen) atoms. The lowest BCUT2D eigenvalue weighted by Gasteiger charge is -2.28. The summed E-state index contributed by atoms with van der Waals surface area (Å²) in [6.45, 7) is 5.72. The first-order valence-electron chi connectivity index (χ1n) is 16.1. The minimum atomic E-state index is 0.212. The van der Waals surface area contributed by atoms with E-state index in [9.17, 15) is 4.79 Å². The molecule has 11 heteroatoms. The smallest absolute Gasteiger partial charge is 0.237 e. The van der Waals surface area contributed by atoms with E-state index in [0.29, 0.717) is 13.1 Å². The Bertz CT molecular complexity index is 2060. The van der Waals surface area contributed by atoms with Gasteiger partial charge in [0.2, 0.25) is 5.91 Å². The highest BCUT2D eigenvalue weighted by Crippen LogP contribution is 2.29. The molecule has 1 atom stereocenters. The maximum Gasteiger partial charge on any atom is 0.237 e. The number of benzene rings is 2. The summed E-state index contributed by atoms with van der Waals surface area (Å²) >= 11 is 0. The third-order valence-corrected chi connectivity index (χ3v) is 8.92. The number of pyridine rings is 1. The molecule has 2 aliphatic rings. The monoisotopic (exact) mass is 639 g/mol. The van der Waals surface area contributed by atoms with Gasteiger partial charge in [0, 0.05) is 85.7 Å². The van der Waals surface area contributed by atoms with E-state index in [2.05, 4.69) is 70.4 Å². The van der Waals surface area contributed by atoms with Crippen molar-refractivity contribution in [3.05, 3.63) is 103 Å². The van der Waals surface area contributed by atoms with Crippen molar-refractivity contribution in [2.24, 2.45) is 0 Å². The van der Waals surface area contributed by atoms with Gasteiger partial charge >= 0.3 is 0 Å². The predicted molar refractivity (Wildman–Crippen MR) is 186 cm³/mol. The van der Waals surface area contributed by atoms with Gasteiger partial charge < -0.3 is 9.64 Å². The number of aromatic nitrogens is 7. The van der Waals surface area contributed by atoms with Crippen molar-refractivity contribution in [1.82, 2.24) is 44.9 Å². The molecule has 6 heterocycles. The number of ether oxygens (including phenoxy) is 1. The second kappa shape index (κ2) is 14.2. The SMILES string of the molecule is CO[C@H]1CCN(CC(=O)N2CC=C(c3ccc(-c4ncccn4)cc3)CC2)C1.Cc1cc(-c2n[nH]c3cc4cncnc4cc23)ccn1. The zero-order valence-electron chi connectivity index (χ0n) is 27.1. The van der Waals surface area contributed by atoms with Crippen molar-refractivity contribution in [2.75, 3.05) is 39.8 Å². The van der Waals surface area contributed by atoms with Gasteiger partial charge in [0.15, 0.2) is 5.82 Å². The summed E-state index contributed by atoms with van der Waals surface area (Å²) in [5, 5.41) is 9.56. The maximum atomic E-state index is 12.6. The first-order valence-corrected chi connectivity index (χ1v) is 16.1. The Morgan fingerprint density at radius 3 is 2.54 bits per heavy atom. The first-order chi connectivity index (χ1) is 23.5. The van der Waals surface area contributed by atoms with Crippen LogP contribution < -0.4 is 0 Å². The van der Waals surface area contributed by atoms with E-state index >= 15 is 0 Å². The van der Waals surface area contributed by atoms with Crippen LogP contribution in [0.4, 0.5) is 0 Å². The standard InChI is InChI=1S/C22H26N4O2.C15H11N5/c1-28-20-9-12-25(15-20)16-21(27)26-13-7-18(8-14-26)17-3-5-19(6-4-17)22-23-10-2-11-24-22;1-9-4-10(2-3-17-9)15-12-6-13-11(7-16-8-18-13)5-14(12)19-20-15/h2-7,10-11,20H,8-9,12-16H2,1H3;2-8H,1H3,(H,19,20)/t20-;/m0./s1. The lowest BCUT2D eigenvalue weighted by Crippen LogP contribution is -2.41. The van der Waals surface area contributed by atoms with Crippen LogP contribution in [-0.4, -0.2) is 96.8 Å². The van der Waals surface area contributed by atoms with E-state index in [1.807, 2.05) is 42.2 Å². The molecule has 0 unspecified atom stereocenters. The molecule has 2 aliphatic heterocycles. The molecule has 4 aromatic heterocycles. The molecule has 1 saturated heterocycles. The van der Waals surface area contributed by atoms with E-state index in [0.717, 1.165) is 82.6 Å². The van der Waals surface area contributed by atoms with Crippen LogP contribution in [0, 0.1) is 6.92 Å². The molecule has 242 valence electrons. The van der Waals surface area contributed by atoms with Crippen molar-refractivity contribution < 1.29 is 9.53 Å². The Morgan fingerprint density at radius 2 is 1.79 bits per heavy atom. The number of methoxy groups -OCH3 is 1. The molecule has 1 fully saturated rings. The van der Waals surface area contributed by atoms with Crippen LogP contribution >= 0.6 is 0 Å². The lowest BCUT2D eigenvalue weighted by atomic mass is 9.98. The Balaban J connectivity index is 0.000000160. The molecule has 0 spiro atoms. The number of aryl methyl sites for hydroxylation is 1. The van der Waals surface area contributed by atoms with Gasteiger partial charge in [0.1, 0.15) is 12.0 Å². The minimum Gasteiger partial charge on any atom is -0.380 e. The molecule has 0 bridgehead atoms. The molecule has 2 aromatic carbocycles. The summed E-state index contributed by atoms with van der Waals surface area (Å²) in [7, 11) is 1.74. The van der Waals surface area contributed by atoms with Gasteiger partial charge in [-0.3, -0.25) is 19.8 Å². The second-order valence-corrected chi connectivity index (χ2v) is 12.1. The summed E-state index contributed by atoms with van der Waals surface area (Å²) in [5.41, 5.74) is 8.36. The molecule has 6 aromatic rings. The van der Waals surface area contributed by atoms with Crippen LogP contribution in [0.1, 0.15) is 24.1 Å². The Labute approximate surface area is 278 Å². The number of fused-ring (bicyclic) bond motifs is 2. The van der Waals surface area contributed by atoms with Gasteiger partial charge in [-0.05, 0) is 61.2 Å². The van der Waals surface area contributed by atoms with Crippen LogP contribution in [0.5, 0.6) is 0 Å². The zero-order chi connectivity index (χ0) is 32.9. The molecule has 1 amide bonds. The fraction of sp³-hybridized carbons (Fsp3) is 0.270. The van der Waals surface area contributed by atoms with Gasteiger partial charge in [-0.2, -0.15) is 5.10 Å². The molecular formula is C37H37N9O2. The average molecular weight is 640 g/mol. The van der Waals surface area contributed by atoms with E-state index < -0.39 is 0 Å². The van der Waals surface area contributed by atoms with Gasteiger partial charge in [-0.1, -0.05) is 30.3 Å². The first kappa shape index (κ1) is 31.2. The Hall–Kier alpha value is -5.39. The number of H-pyrrole nitrogens is 1. The summed E-state index contributed by atoms with van der Waals surface area (Å²) in [5.74, 6) is 0.949. The van der Waals surface area contributed by atoms with Gasteiger partial charge in [-0.25, -0.2) is 19.9 Å². The topological polar surface area (TPSA) is 126 Å². The van der Waals surface area contributed by atoms with Crippen molar-refractivity contribution in [2.45, 2.75) is 25.9 Å². The van der Waals surface area contributed by atoms with E-state index in [1.54, 1.807) is 38.2 Å². The van der Waals surface area contributed by atoms with Crippen molar-refractivity contribution >= 4 is 33.3 Å². The third-order valence-electron chi connectivity index (χ3n) is 8.92. The van der Waals surface area contributed by atoms with Crippen LogP contribution in [0.15, 0.2) is 91.8 Å². The Kier molecular flexibility index (Phi) is 9.21. The fourth-order valence-corrected chi connectivity index (χ4v) is 6.27. The summed E-state index contributed by atoms with van der Waals surface area (Å²) < 4.78 is 5.38. The summed E-state index contributed by atoms with van der Waals surface area (Å²) in [6.07, 6.45) is 13.0. The van der Waals surface area contributed by atoms with Crippen molar-refractivity contribution in [3.63, 3.8) is 0 Å². The normalized spacial score (nSPS) is 16.5. The van der Waals surface area contributed by atoms with Gasteiger partial charge in [-0.15, -0.1) is 0 Å². The molecule has 0 aliphatic carbocycles. The molecule has 11 nitrogen and oxygen atoms in total. The average Bonchev–Trinajstić information content (AvgIpc) is 3.78. The summed E-state index contributed by atoms with van der Waals surface area (Å²) in [6, 6.07) is 18.2. The van der Waals surface area contributed by atoms with Crippen molar-refractivity contribution in [3.8, 4) is 22.6 Å². The number of carbonyl (C=O) groups is 1. The van der Waals surface area contributed by atoms with Crippen LogP contribution in [0.3, 0.4) is 0 Å². The zero-order valence-corrected chi connectivity index (χ0v) is 27.1.